The van der Waals surface area contributed by atoms with Gasteiger partial charge in [0.05, 0.1) is 0 Å². The van der Waals surface area contributed by atoms with Gasteiger partial charge in [-0.3, -0.25) is 9.78 Å². The van der Waals surface area contributed by atoms with E-state index >= 15 is 0 Å². The summed E-state index contributed by atoms with van der Waals surface area (Å²) >= 11 is 0. The Morgan fingerprint density at radius 2 is 1.86 bits per heavy atom. The number of benzene rings is 1. The van der Waals surface area contributed by atoms with Crippen LogP contribution in [0.1, 0.15) is 39.9 Å². The van der Waals surface area contributed by atoms with Crippen LogP contribution in [0, 0.1) is 25.7 Å². The first-order chi connectivity index (χ1) is 13.6. The van der Waals surface area contributed by atoms with Crippen molar-refractivity contribution in [3.63, 3.8) is 0 Å². The molecule has 5 nitrogen and oxygen atoms in total. The molecule has 0 saturated carbocycles. The summed E-state index contributed by atoms with van der Waals surface area (Å²) in [5, 5.41) is 3.49. The van der Waals surface area contributed by atoms with Gasteiger partial charge in [0, 0.05) is 36.6 Å². The fourth-order valence-corrected chi connectivity index (χ4v) is 4.54. The van der Waals surface area contributed by atoms with Crippen molar-refractivity contribution >= 4 is 5.91 Å². The highest BCUT2D eigenvalue weighted by Gasteiger charge is 2.31. The minimum Gasteiger partial charge on any atom is -0.488 e. The van der Waals surface area contributed by atoms with Crippen molar-refractivity contribution < 1.29 is 9.53 Å². The Bertz CT molecular complexity index is 800. The molecule has 1 N–H and O–H groups in total. The molecule has 1 aromatic heterocycles. The lowest BCUT2D eigenvalue weighted by atomic mass is 9.92. The number of pyridine rings is 1. The number of fused-ring (bicyclic) bond motifs is 1. The molecular weight excluding hydrogens is 350 g/mol. The Labute approximate surface area is 167 Å². The molecule has 2 aliphatic heterocycles. The number of nitrogens with one attached hydrogen (secondary N) is 1. The average Bonchev–Trinajstić information content (AvgIpc) is 3.06. The lowest BCUT2D eigenvalue weighted by molar-refractivity contribution is 0.0758. The molecule has 3 heterocycles. The SMILES string of the molecule is Cc1cc(C(=O)N2CC[C@@H]3CNC[C@@H]3CC2)cc(C)c1OCc1cccnc1. The monoisotopic (exact) mass is 379 g/mol. The number of aryl methyl sites for hydroxylation is 2. The van der Waals surface area contributed by atoms with Crippen LogP contribution in [0.3, 0.4) is 0 Å². The van der Waals surface area contributed by atoms with E-state index in [4.69, 9.17) is 4.74 Å². The number of hydrogen-bond donors (Lipinski definition) is 1. The maximum Gasteiger partial charge on any atom is 0.253 e. The molecule has 4 rings (SSSR count). The fourth-order valence-electron chi connectivity index (χ4n) is 4.54. The van der Waals surface area contributed by atoms with E-state index in [0.29, 0.717) is 6.61 Å². The van der Waals surface area contributed by atoms with Crippen LogP contribution in [0.4, 0.5) is 0 Å². The molecule has 0 bridgehead atoms. The molecular formula is C23H29N3O2. The first-order valence-electron chi connectivity index (χ1n) is 10.2. The predicted octanol–water partition coefficient (Wildman–Crippen LogP) is 3.35. The summed E-state index contributed by atoms with van der Waals surface area (Å²) in [4.78, 5) is 19.3. The highest BCUT2D eigenvalue weighted by atomic mass is 16.5. The van der Waals surface area contributed by atoms with E-state index in [-0.39, 0.29) is 5.91 Å². The molecule has 1 aromatic carbocycles. The zero-order valence-corrected chi connectivity index (χ0v) is 16.8. The Kier molecular flexibility index (Phi) is 5.62. The van der Waals surface area contributed by atoms with Gasteiger partial charge in [0.1, 0.15) is 12.4 Å². The highest BCUT2D eigenvalue weighted by molar-refractivity contribution is 5.95. The van der Waals surface area contributed by atoms with E-state index in [9.17, 15) is 4.79 Å². The van der Waals surface area contributed by atoms with Crippen molar-refractivity contribution in [2.24, 2.45) is 11.8 Å². The number of hydrogen-bond acceptors (Lipinski definition) is 4. The van der Waals surface area contributed by atoms with Gasteiger partial charge in [0.25, 0.3) is 5.91 Å². The van der Waals surface area contributed by atoms with Crippen molar-refractivity contribution in [3.05, 3.63) is 58.9 Å². The molecule has 0 radical (unpaired) electrons. The van der Waals surface area contributed by atoms with Gasteiger partial charge < -0.3 is 15.0 Å². The van der Waals surface area contributed by atoms with Crippen LogP contribution in [-0.2, 0) is 6.61 Å². The standard InChI is InChI=1S/C23H29N3O2/c1-16-10-21(11-17(2)22(16)28-15-18-4-3-7-24-12-18)23(27)26-8-5-19-13-25-14-20(19)6-9-26/h3-4,7,10-12,19-20,25H,5-6,8-9,13-15H2,1-2H3/t19-,20+. The summed E-state index contributed by atoms with van der Waals surface area (Å²) in [5.74, 6) is 2.46. The van der Waals surface area contributed by atoms with Crippen LogP contribution in [-0.4, -0.2) is 42.0 Å². The number of rotatable bonds is 4. The third-order valence-corrected chi connectivity index (χ3v) is 6.12. The van der Waals surface area contributed by atoms with Gasteiger partial charge in [-0.1, -0.05) is 6.07 Å². The summed E-state index contributed by atoms with van der Waals surface area (Å²) in [6, 6.07) is 7.85. The van der Waals surface area contributed by atoms with Crippen LogP contribution >= 0.6 is 0 Å². The zero-order chi connectivity index (χ0) is 19.5. The van der Waals surface area contributed by atoms with E-state index in [1.54, 1.807) is 6.20 Å². The molecule has 2 aromatic rings. The smallest absolute Gasteiger partial charge is 0.253 e. The van der Waals surface area contributed by atoms with Crippen LogP contribution in [0.5, 0.6) is 5.75 Å². The number of aromatic nitrogens is 1. The van der Waals surface area contributed by atoms with Crippen molar-refractivity contribution in [1.82, 2.24) is 15.2 Å². The number of likely N-dealkylation sites (tertiary alicyclic amines) is 1. The molecule has 0 aliphatic carbocycles. The summed E-state index contributed by atoms with van der Waals surface area (Å²) in [6.07, 6.45) is 5.78. The second-order valence-electron chi connectivity index (χ2n) is 8.14. The minimum atomic E-state index is 0.151. The van der Waals surface area contributed by atoms with Crippen LogP contribution < -0.4 is 10.1 Å². The van der Waals surface area contributed by atoms with E-state index in [1.807, 2.05) is 49.2 Å². The summed E-state index contributed by atoms with van der Waals surface area (Å²) in [6.45, 7) is 8.44. The fraction of sp³-hybridized carbons (Fsp3) is 0.478. The van der Waals surface area contributed by atoms with Gasteiger partial charge in [0.2, 0.25) is 0 Å². The van der Waals surface area contributed by atoms with E-state index in [0.717, 1.165) is 78.9 Å². The van der Waals surface area contributed by atoms with E-state index in [1.165, 1.54) is 0 Å². The molecule has 148 valence electrons. The molecule has 28 heavy (non-hydrogen) atoms. The van der Waals surface area contributed by atoms with Gasteiger partial charge in [0.15, 0.2) is 0 Å². The second kappa shape index (κ2) is 8.31. The van der Waals surface area contributed by atoms with E-state index < -0.39 is 0 Å². The summed E-state index contributed by atoms with van der Waals surface area (Å²) in [7, 11) is 0. The first kappa shape index (κ1) is 18.9. The second-order valence-corrected chi connectivity index (χ2v) is 8.14. The maximum absolute atomic E-state index is 13.1. The third kappa shape index (κ3) is 4.04. The van der Waals surface area contributed by atoms with Gasteiger partial charge in [-0.25, -0.2) is 0 Å². The zero-order valence-electron chi connectivity index (χ0n) is 16.8. The molecule has 0 spiro atoms. The Morgan fingerprint density at radius 3 is 2.46 bits per heavy atom. The summed E-state index contributed by atoms with van der Waals surface area (Å²) < 4.78 is 6.03. The van der Waals surface area contributed by atoms with Crippen LogP contribution in [0.25, 0.3) is 0 Å². The lowest BCUT2D eigenvalue weighted by Crippen LogP contribution is -2.32. The summed E-state index contributed by atoms with van der Waals surface area (Å²) in [5.41, 5.74) is 3.81. The topological polar surface area (TPSA) is 54.5 Å². The first-order valence-corrected chi connectivity index (χ1v) is 10.2. The van der Waals surface area contributed by atoms with Crippen LogP contribution in [0.15, 0.2) is 36.7 Å². The quantitative estimate of drug-likeness (QED) is 0.885. The van der Waals surface area contributed by atoms with Gasteiger partial charge >= 0.3 is 0 Å². The molecule has 2 atom stereocenters. The number of carbonyl (C=O) groups is 1. The normalized spacial score (nSPS) is 21.9. The predicted molar refractivity (Wildman–Crippen MR) is 109 cm³/mol. The molecule has 1 amide bonds. The third-order valence-electron chi connectivity index (χ3n) is 6.12. The van der Waals surface area contributed by atoms with Crippen molar-refractivity contribution in [1.29, 1.82) is 0 Å². The Morgan fingerprint density at radius 1 is 1.18 bits per heavy atom. The lowest BCUT2D eigenvalue weighted by Gasteiger charge is -2.22. The van der Waals surface area contributed by atoms with Crippen molar-refractivity contribution in [2.45, 2.75) is 33.3 Å². The number of ether oxygens (including phenoxy) is 1. The van der Waals surface area contributed by atoms with Crippen molar-refractivity contribution in [3.8, 4) is 5.75 Å². The number of carbonyl (C=O) groups excluding carboxylic acids is 1. The maximum atomic E-state index is 13.1. The largest absolute Gasteiger partial charge is 0.488 e. The molecule has 2 saturated heterocycles. The molecule has 2 aliphatic rings. The average molecular weight is 380 g/mol. The van der Waals surface area contributed by atoms with Crippen molar-refractivity contribution in [2.75, 3.05) is 26.2 Å². The molecule has 0 unspecified atom stereocenters. The molecule has 2 fully saturated rings. The van der Waals surface area contributed by atoms with Crippen LogP contribution in [0.2, 0.25) is 0 Å². The van der Waals surface area contributed by atoms with Gasteiger partial charge in [-0.05, 0) is 80.9 Å². The van der Waals surface area contributed by atoms with E-state index in [2.05, 4.69) is 10.3 Å². The Hall–Kier alpha value is -2.40. The van der Waals surface area contributed by atoms with Gasteiger partial charge in [-0.2, -0.15) is 0 Å². The highest BCUT2D eigenvalue weighted by Crippen LogP contribution is 2.29. The number of nitrogens with zero attached hydrogens (tertiary/aromatic N) is 2. The minimum absolute atomic E-state index is 0.151. The Balaban J connectivity index is 1.45. The van der Waals surface area contributed by atoms with Gasteiger partial charge in [-0.15, -0.1) is 0 Å². The number of amides is 1. The molecule has 5 heteroatoms.